The van der Waals surface area contributed by atoms with Gasteiger partial charge in [-0.3, -0.25) is 9.59 Å². The van der Waals surface area contributed by atoms with Gasteiger partial charge in [0, 0.05) is 6.04 Å². The molecule has 2 N–H and O–H groups in total. The number of nitrogens with one attached hydrogen (secondary N) is 2. The van der Waals surface area contributed by atoms with Crippen molar-refractivity contribution in [2.24, 2.45) is 0 Å². The van der Waals surface area contributed by atoms with E-state index in [0.29, 0.717) is 22.9 Å². The molecule has 2 aromatic carbocycles. The maximum Gasteiger partial charge on any atom is 0.416 e. The summed E-state index contributed by atoms with van der Waals surface area (Å²) in [5, 5.41) is 3.07. The summed E-state index contributed by atoms with van der Waals surface area (Å²) in [6.07, 6.45) is -4.05. The second-order valence-electron chi connectivity index (χ2n) is 6.20. The Morgan fingerprint density at radius 2 is 1.81 bits per heavy atom. The van der Waals surface area contributed by atoms with Crippen LogP contribution in [0.3, 0.4) is 0 Å². The van der Waals surface area contributed by atoms with Gasteiger partial charge in [-0.2, -0.15) is 13.2 Å². The SMILES string of the molecule is CC(Cc1ccc(C(F)(F)F)cc1)NC(=O)c1nc2ccccc2c(=O)[nH]1. The first kappa shape index (κ1) is 18.6. The quantitative estimate of drug-likeness (QED) is 0.735. The molecule has 3 aromatic rings. The lowest BCUT2D eigenvalue weighted by atomic mass is 10.0. The second-order valence-corrected chi connectivity index (χ2v) is 6.20. The third kappa shape index (κ3) is 4.33. The zero-order chi connectivity index (χ0) is 19.6. The largest absolute Gasteiger partial charge is 0.416 e. The zero-order valence-electron chi connectivity index (χ0n) is 14.3. The molecule has 0 bridgehead atoms. The van der Waals surface area contributed by atoms with E-state index < -0.39 is 23.2 Å². The number of carbonyl (C=O) groups excluding carboxylic acids is 1. The first-order chi connectivity index (χ1) is 12.7. The molecule has 5 nitrogen and oxygen atoms in total. The molecule has 0 aliphatic rings. The van der Waals surface area contributed by atoms with Gasteiger partial charge >= 0.3 is 6.18 Å². The second kappa shape index (κ2) is 7.22. The highest BCUT2D eigenvalue weighted by Crippen LogP contribution is 2.29. The minimum absolute atomic E-state index is 0.113. The van der Waals surface area contributed by atoms with E-state index in [2.05, 4.69) is 15.3 Å². The molecular formula is C19H16F3N3O2. The Bertz CT molecular complexity index is 1030. The number of carbonyl (C=O) groups is 1. The van der Waals surface area contributed by atoms with E-state index in [9.17, 15) is 22.8 Å². The van der Waals surface area contributed by atoms with Gasteiger partial charge in [0.1, 0.15) is 0 Å². The van der Waals surface area contributed by atoms with Crippen LogP contribution in [-0.4, -0.2) is 21.9 Å². The van der Waals surface area contributed by atoms with Gasteiger partial charge in [-0.1, -0.05) is 24.3 Å². The number of hydrogen-bond acceptors (Lipinski definition) is 3. The number of aromatic amines is 1. The molecule has 1 amide bonds. The van der Waals surface area contributed by atoms with Crippen molar-refractivity contribution in [2.45, 2.75) is 25.6 Å². The fourth-order valence-corrected chi connectivity index (χ4v) is 2.72. The van der Waals surface area contributed by atoms with E-state index in [1.165, 1.54) is 12.1 Å². The monoisotopic (exact) mass is 375 g/mol. The average Bonchev–Trinajstić information content (AvgIpc) is 2.61. The molecule has 140 valence electrons. The molecule has 0 aliphatic carbocycles. The topological polar surface area (TPSA) is 74.8 Å². The average molecular weight is 375 g/mol. The van der Waals surface area contributed by atoms with Gasteiger partial charge in [-0.25, -0.2) is 4.98 Å². The highest BCUT2D eigenvalue weighted by atomic mass is 19.4. The van der Waals surface area contributed by atoms with Crippen molar-refractivity contribution in [2.75, 3.05) is 0 Å². The van der Waals surface area contributed by atoms with E-state index in [1.807, 2.05) is 0 Å². The van der Waals surface area contributed by atoms with Gasteiger partial charge in [0.25, 0.3) is 11.5 Å². The molecule has 1 aromatic heterocycles. The molecule has 3 rings (SSSR count). The molecular weight excluding hydrogens is 359 g/mol. The van der Waals surface area contributed by atoms with E-state index in [0.717, 1.165) is 12.1 Å². The zero-order valence-corrected chi connectivity index (χ0v) is 14.3. The summed E-state index contributed by atoms with van der Waals surface area (Å²) >= 11 is 0. The van der Waals surface area contributed by atoms with Crippen LogP contribution in [0.15, 0.2) is 53.3 Å². The third-order valence-electron chi connectivity index (χ3n) is 4.03. The lowest BCUT2D eigenvalue weighted by Gasteiger charge is -2.14. The van der Waals surface area contributed by atoms with Crippen molar-refractivity contribution in [3.63, 3.8) is 0 Å². The van der Waals surface area contributed by atoms with Crippen LogP contribution >= 0.6 is 0 Å². The number of halogens is 3. The highest BCUT2D eigenvalue weighted by molar-refractivity contribution is 5.92. The predicted octanol–water partition coefficient (Wildman–Crippen LogP) is 3.30. The molecule has 0 saturated carbocycles. The molecule has 0 aliphatic heterocycles. The molecule has 1 heterocycles. The van der Waals surface area contributed by atoms with Crippen molar-refractivity contribution < 1.29 is 18.0 Å². The molecule has 27 heavy (non-hydrogen) atoms. The Labute approximate surface area is 152 Å². The van der Waals surface area contributed by atoms with Crippen molar-refractivity contribution in [1.82, 2.24) is 15.3 Å². The maximum absolute atomic E-state index is 12.6. The van der Waals surface area contributed by atoms with Crippen molar-refractivity contribution >= 4 is 16.8 Å². The molecule has 8 heteroatoms. The van der Waals surface area contributed by atoms with Crippen molar-refractivity contribution in [3.05, 3.63) is 75.8 Å². The van der Waals surface area contributed by atoms with Gasteiger partial charge in [0.15, 0.2) is 5.82 Å². The predicted molar refractivity (Wildman–Crippen MR) is 94.4 cm³/mol. The smallest absolute Gasteiger partial charge is 0.347 e. The summed E-state index contributed by atoms with van der Waals surface area (Å²) in [5.41, 5.74) is -0.0837. The number of benzene rings is 2. The highest BCUT2D eigenvalue weighted by Gasteiger charge is 2.30. The third-order valence-corrected chi connectivity index (χ3v) is 4.03. The van der Waals surface area contributed by atoms with Gasteiger partial charge in [0.05, 0.1) is 16.5 Å². The van der Waals surface area contributed by atoms with Crippen molar-refractivity contribution in [3.8, 4) is 0 Å². The number of nitrogens with zero attached hydrogens (tertiary/aromatic N) is 1. The first-order valence-electron chi connectivity index (χ1n) is 8.20. The number of fused-ring (bicyclic) bond motifs is 1. The summed E-state index contributed by atoms with van der Waals surface area (Å²) in [6, 6.07) is 11.0. The maximum atomic E-state index is 12.6. The number of rotatable bonds is 4. The number of hydrogen-bond donors (Lipinski definition) is 2. The van der Waals surface area contributed by atoms with E-state index >= 15 is 0 Å². The normalized spacial score (nSPS) is 12.7. The molecule has 0 spiro atoms. The Morgan fingerprint density at radius 3 is 2.48 bits per heavy atom. The van der Waals surface area contributed by atoms with Crippen LogP contribution in [0.4, 0.5) is 13.2 Å². The standard InChI is InChI=1S/C19H16F3N3O2/c1-11(10-12-6-8-13(9-7-12)19(20,21)22)23-18(27)16-24-15-5-3-2-4-14(15)17(26)25-16/h2-9,11H,10H2,1H3,(H,23,27)(H,24,25,26). The molecule has 0 saturated heterocycles. The minimum Gasteiger partial charge on any atom is -0.347 e. The number of para-hydroxylation sites is 1. The molecule has 0 fully saturated rings. The summed E-state index contributed by atoms with van der Waals surface area (Å²) in [5.74, 6) is -0.671. The molecule has 1 unspecified atom stereocenters. The Morgan fingerprint density at radius 1 is 1.15 bits per heavy atom. The molecule has 0 radical (unpaired) electrons. The van der Waals surface area contributed by atoms with E-state index in [-0.39, 0.29) is 11.9 Å². The number of aromatic nitrogens is 2. The Kier molecular flexibility index (Phi) is 4.98. The van der Waals surface area contributed by atoms with Crippen LogP contribution < -0.4 is 10.9 Å². The van der Waals surface area contributed by atoms with Gasteiger partial charge in [-0.15, -0.1) is 0 Å². The summed E-state index contributed by atoms with van der Waals surface area (Å²) in [7, 11) is 0. The van der Waals surface area contributed by atoms with Crippen LogP contribution in [0.1, 0.15) is 28.7 Å². The summed E-state index contributed by atoms with van der Waals surface area (Å²) < 4.78 is 37.8. The minimum atomic E-state index is -4.38. The van der Waals surface area contributed by atoms with Gasteiger partial charge in [0.2, 0.25) is 0 Å². The number of alkyl halides is 3. The summed E-state index contributed by atoms with van der Waals surface area (Å²) in [6.45, 7) is 1.72. The van der Waals surface area contributed by atoms with Crippen LogP contribution in [-0.2, 0) is 12.6 Å². The van der Waals surface area contributed by atoms with Crippen molar-refractivity contribution in [1.29, 1.82) is 0 Å². The van der Waals surface area contributed by atoms with Crippen LogP contribution in [0.2, 0.25) is 0 Å². The van der Waals surface area contributed by atoms with Crippen LogP contribution in [0.5, 0.6) is 0 Å². The lowest BCUT2D eigenvalue weighted by Crippen LogP contribution is -2.36. The van der Waals surface area contributed by atoms with Crippen LogP contribution in [0.25, 0.3) is 10.9 Å². The first-order valence-corrected chi connectivity index (χ1v) is 8.20. The number of H-pyrrole nitrogens is 1. The molecule has 1 atom stereocenters. The fourth-order valence-electron chi connectivity index (χ4n) is 2.72. The van der Waals surface area contributed by atoms with Gasteiger partial charge in [-0.05, 0) is 43.2 Å². The fraction of sp³-hybridized carbons (Fsp3) is 0.211. The Balaban J connectivity index is 1.70. The Hall–Kier alpha value is -3.16. The van der Waals surface area contributed by atoms with Crippen LogP contribution in [0, 0.1) is 0 Å². The van der Waals surface area contributed by atoms with Gasteiger partial charge < -0.3 is 10.3 Å². The lowest BCUT2D eigenvalue weighted by molar-refractivity contribution is -0.137. The number of amides is 1. The van der Waals surface area contributed by atoms with E-state index in [1.54, 1.807) is 31.2 Å². The van der Waals surface area contributed by atoms with E-state index in [4.69, 9.17) is 0 Å². The summed E-state index contributed by atoms with van der Waals surface area (Å²) in [4.78, 5) is 30.9.